The molecule has 1 heterocycles. The number of halogens is 1. The fraction of sp³-hybridized carbons (Fsp3) is 0.267. The predicted molar refractivity (Wildman–Crippen MR) is 71.3 cm³/mol. The van der Waals surface area contributed by atoms with Crippen molar-refractivity contribution in [2.45, 2.75) is 25.4 Å². The molecule has 0 atom stereocenters. The molecule has 20 heavy (non-hydrogen) atoms. The Hall–Kier alpha value is -2.30. The van der Waals surface area contributed by atoms with Crippen molar-refractivity contribution in [3.63, 3.8) is 0 Å². The van der Waals surface area contributed by atoms with E-state index in [0.29, 0.717) is 12.2 Å². The summed E-state index contributed by atoms with van der Waals surface area (Å²) >= 11 is 0. The molecule has 1 aromatic carbocycles. The third kappa shape index (κ3) is 2.82. The molecule has 0 spiro atoms. The number of carbonyl (C=O) groups excluding carboxylic acids is 1. The number of rotatable bonds is 4. The molecule has 0 bridgehead atoms. The summed E-state index contributed by atoms with van der Waals surface area (Å²) in [5.41, 5.74) is 1.26. The van der Waals surface area contributed by atoms with Crippen LogP contribution in [-0.2, 0) is 6.54 Å². The lowest BCUT2D eigenvalue weighted by molar-refractivity contribution is 0.0723. The molecule has 1 saturated carbocycles. The van der Waals surface area contributed by atoms with Crippen molar-refractivity contribution < 1.29 is 9.18 Å². The topological polar surface area (TPSA) is 46.1 Å². The summed E-state index contributed by atoms with van der Waals surface area (Å²) in [7, 11) is 0. The van der Waals surface area contributed by atoms with Gasteiger partial charge in [-0.3, -0.25) is 9.78 Å². The molecule has 2 aromatic rings. The van der Waals surface area contributed by atoms with Gasteiger partial charge in [0.1, 0.15) is 11.5 Å². The van der Waals surface area contributed by atoms with E-state index in [1.54, 1.807) is 17.0 Å². The minimum absolute atomic E-state index is 0.120. The molecule has 3 rings (SSSR count). The van der Waals surface area contributed by atoms with Gasteiger partial charge in [-0.2, -0.15) is 0 Å². The van der Waals surface area contributed by atoms with E-state index in [1.807, 2.05) is 0 Å². The van der Waals surface area contributed by atoms with Gasteiger partial charge in [-0.1, -0.05) is 12.1 Å². The zero-order chi connectivity index (χ0) is 13.9. The summed E-state index contributed by atoms with van der Waals surface area (Å²) in [4.78, 5) is 22.2. The normalized spacial score (nSPS) is 14.1. The summed E-state index contributed by atoms with van der Waals surface area (Å²) in [6.45, 7) is 0.473. The fourth-order valence-corrected chi connectivity index (χ4v) is 2.10. The van der Waals surface area contributed by atoms with Gasteiger partial charge in [-0.15, -0.1) is 0 Å². The Morgan fingerprint density at radius 2 is 2.00 bits per heavy atom. The van der Waals surface area contributed by atoms with Crippen LogP contribution >= 0.6 is 0 Å². The molecule has 0 radical (unpaired) electrons. The second-order valence-corrected chi connectivity index (χ2v) is 4.88. The third-order valence-corrected chi connectivity index (χ3v) is 3.30. The number of hydrogen-bond donors (Lipinski definition) is 0. The van der Waals surface area contributed by atoms with Gasteiger partial charge in [0.05, 0.1) is 6.20 Å². The summed E-state index contributed by atoms with van der Waals surface area (Å²) < 4.78 is 12.9. The molecule has 4 nitrogen and oxygen atoms in total. The van der Waals surface area contributed by atoms with E-state index < -0.39 is 0 Å². The molecule has 1 aliphatic rings. The van der Waals surface area contributed by atoms with Crippen molar-refractivity contribution in [3.8, 4) is 0 Å². The molecule has 0 aliphatic heterocycles. The van der Waals surface area contributed by atoms with Crippen LogP contribution in [0.1, 0.15) is 28.9 Å². The zero-order valence-corrected chi connectivity index (χ0v) is 10.9. The van der Waals surface area contributed by atoms with Crippen LogP contribution < -0.4 is 0 Å². The molecule has 1 aromatic heterocycles. The molecule has 0 N–H and O–H groups in total. The van der Waals surface area contributed by atoms with Crippen molar-refractivity contribution in [1.29, 1.82) is 0 Å². The Balaban J connectivity index is 1.79. The molecule has 1 amide bonds. The summed E-state index contributed by atoms with van der Waals surface area (Å²) in [6.07, 6.45) is 6.54. The lowest BCUT2D eigenvalue weighted by Gasteiger charge is -2.22. The van der Waals surface area contributed by atoms with Crippen LogP contribution in [0.15, 0.2) is 42.9 Å². The van der Waals surface area contributed by atoms with Crippen molar-refractivity contribution in [2.24, 2.45) is 0 Å². The number of benzene rings is 1. The Kier molecular flexibility index (Phi) is 3.41. The van der Waals surface area contributed by atoms with Crippen molar-refractivity contribution in [1.82, 2.24) is 14.9 Å². The Morgan fingerprint density at radius 1 is 1.25 bits per heavy atom. The molecule has 1 aliphatic carbocycles. The number of hydrogen-bond acceptors (Lipinski definition) is 3. The molecule has 0 saturated heterocycles. The molecule has 1 fully saturated rings. The summed E-state index contributed by atoms with van der Waals surface area (Å²) in [5, 5.41) is 0. The monoisotopic (exact) mass is 271 g/mol. The van der Waals surface area contributed by atoms with Gasteiger partial charge < -0.3 is 4.90 Å². The Labute approximate surface area is 116 Å². The lowest BCUT2D eigenvalue weighted by atomic mass is 10.2. The number of amides is 1. The molecule has 0 unspecified atom stereocenters. The summed E-state index contributed by atoms with van der Waals surface area (Å²) in [6, 6.07) is 6.48. The van der Waals surface area contributed by atoms with Crippen LogP contribution in [0.5, 0.6) is 0 Å². The maximum atomic E-state index is 12.9. The highest BCUT2D eigenvalue weighted by Gasteiger charge is 2.33. The number of carbonyl (C=O) groups is 1. The lowest BCUT2D eigenvalue weighted by Crippen LogP contribution is -2.33. The van der Waals surface area contributed by atoms with E-state index in [0.717, 1.165) is 18.4 Å². The van der Waals surface area contributed by atoms with Crippen LogP contribution in [0, 0.1) is 5.82 Å². The second-order valence-electron chi connectivity index (χ2n) is 4.88. The first-order valence-electron chi connectivity index (χ1n) is 6.55. The van der Waals surface area contributed by atoms with Gasteiger partial charge in [0, 0.05) is 25.0 Å². The first kappa shape index (κ1) is 12.7. The van der Waals surface area contributed by atoms with E-state index in [2.05, 4.69) is 9.97 Å². The van der Waals surface area contributed by atoms with E-state index in [4.69, 9.17) is 0 Å². The average molecular weight is 271 g/mol. The van der Waals surface area contributed by atoms with Gasteiger partial charge in [0.15, 0.2) is 0 Å². The van der Waals surface area contributed by atoms with Gasteiger partial charge in [-0.05, 0) is 30.5 Å². The molecular formula is C15H14FN3O. The van der Waals surface area contributed by atoms with E-state index >= 15 is 0 Å². The highest BCUT2D eigenvalue weighted by molar-refractivity contribution is 5.92. The standard InChI is InChI=1S/C15H14FN3O/c16-12-3-1-11(2-4-12)10-19(13-5-6-13)15(20)14-9-17-7-8-18-14/h1-4,7-9,13H,5-6,10H2. The maximum Gasteiger partial charge on any atom is 0.274 e. The first-order valence-corrected chi connectivity index (χ1v) is 6.55. The average Bonchev–Trinajstić information content (AvgIpc) is 3.31. The minimum Gasteiger partial charge on any atom is -0.330 e. The predicted octanol–water partition coefficient (Wildman–Crippen LogP) is 2.42. The number of aromatic nitrogens is 2. The van der Waals surface area contributed by atoms with Gasteiger partial charge in [-0.25, -0.2) is 9.37 Å². The SMILES string of the molecule is O=C(c1cnccn1)N(Cc1ccc(F)cc1)C1CC1. The molecule has 102 valence electrons. The van der Waals surface area contributed by atoms with Gasteiger partial charge >= 0.3 is 0 Å². The van der Waals surface area contributed by atoms with Crippen molar-refractivity contribution >= 4 is 5.91 Å². The Morgan fingerprint density at radius 3 is 2.60 bits per heavy atom. The van der Waals surface area contributed by atoms with Crippen LogP contribution in [0.3, 0.4) is 0 Å². The highest BCUT2D eigenvalue weighted by Crippen LogP contribution is 2.29. The van der Waals surface area contributed by atoms with Gasteiger partial charge in [0.25, 0.3) is 5.91 Å². The third-order valence-electron chi connectivity index (χ3n) is 3.30. The van der Waals surface area contributed by atoms with Crippen molar-refractivity contribution in [3.05, 3.63) is 59.9 Å². The van der Waals surface area contributed by atoms with E-state index in [9.17, 15) is 9.18 Å². The van der Waals surface area contributed by atoms with Crippen LogP contribution in [-0.4, -0.2) is 26.8 Å². The van der Waals surface area contributed by atoms with Gasteiger partial charge in [0.2, 0.25) is 0 Å². The van der Waals surface area contributed by atoms with E-state index in [1.165, 1.54) is 30.7 Å². The molecule has 5 heteroatoms. The van der Waals surface area contributed by atoms with E-state index in [-0.39, 0.29) is 17.8 Å². The Bertz CT molecular complexity index is 596. The van der Waals surface area contributed by atoms with Crippen molar-refractivity contribution in [2.75, 3.05) is 0 Å². The first-order chi connectivity index (χ1) is 9.74. The van der Waals surface area contributed by atoms with Crippen LogP contribution in [0.25, 0.3) is 0 Å². The smallest absolute Gasteiger partial charge is 0.274 e. The maximum absolute atomic E-state index is 12.9. The van der Waals surface area contributed by atoms with Crippen LogP contribution in [0.2, 0.25) is 0 Å². The minimum atomic E-state index is -0.271. The summed E-state index contributed by atoms with van der Waals surface area (Å²) in [5.74, 6) is -0.392. The largest absolute Gasteiger partial charge is 0.330 e. The fourth-order valence-electron chi connectivity index (χ4n) is 2.10. The highest BCUT2D eigenvalue weighted by atomic mass is 19.1. The second kappa shape index (κ2) is 5.36. The quantitative estimate of drug-likeness (QED) is 0.858. The van der Waals surface area contributed by atoms with Crippen LogP contribution in [0.4, 0.5) is 4.39 Å². The number of nitrogens with zero attached hydrogens (tertiary/aromatic N) is 3. The molecular weight excluding hydrogens is 257 g/mol. The zero-order valence-electron chi connectivity index (χ0n) is 10.9.